The van der Waals surface area contributed by atoms with Crippen molar-refractivity contribution in [3.63, 3.8) is 0 Å². The van der Waals surface area contributed by atoms with Crippen LogP contribution in [0.15, 0.2) is 11.6 Å². The van der Waals surface area contributed by atoms with Crippen LogP contribution in [0.4, 0.5) is 0 Å². The van der Waals surface area contributed by atoms with E-state index < -0.39 is 11.3 Å². The fourth-order valence-electron chi connectivity index (χ4n) is 4.14. The molecule has 0 bridgehead atoms. The highest BCUT2D eigenvalue weighted by atomic mass is 15.2. The minimum Gasteiger partial charge on any atom is -0.329 e. The van der Waals surface area contributed by atoms with Crippen LogP contribution in [0.25, 0.3) is 0 Å². The summed E-state index contributed by atoms with van der Waals surface area (Å²) in [5.41, 5.74) is -0.502. The van der Waals surface area contributed by atoms with E-state index in [4.69, 9.17) is 5.41 Å². The lowest BCUT2D eigenvalue weighted by atomic mass is 9.55. The molecule has 1 aliphatic carbocycles. The molecule has 2 rings (SSSR count). The summed E-state index contributed by atoms with van der Waals surface area (Å²) in [6.07, 6.45) is 3.68. The maximum Gasteiger partial charge on any atom is 0.185 e. The van der Waals surface area contributed by atoms with Gasteiger partial charge in [0.15, 0.2) is 5.41 Å². The Balaban J connectivity index is 2.58. The van der Waals surface area contributed by atoms with Gasteiger partial charge < -0.3 is 10.3 Å². The van der Waals surface area contributed by atoms with Crippen molar-refractivity contribution in [3.8, 4) is 18.2 Å². The number of fused-ring (bicyclic) bond motifs is 1. The Morgan fingerprint density at radius 1 is 1.35 bits per heavy atom. The van der Waals surface area contributed by atoms with E-state index in [1.165, 1.54) is 4.90 Å². The number of quaternary nitrogens is 1. The second-order valence-corrected chi connectivity index (χ2v) is 6.93. The summed E-state index contributed by atoms with van der Waals surface area (Å²) in [7, 11) is 0. The van der Waals surface area contributed by atoms with E-state index in [9.17, 15) is 15.8 Å². The van der Waals surface area contributed by atoms with Crippen molar-refractivity contribution < 1.29 is 4.90 Å². The van der Waals surface area contributed by atoms with E-state index in [1.54, 1.807) is 0 Å². The van der Waals surface area contributed by atoms with Crippen molar-refractivity contribution in [3.05, 3.63) is 11.6 Å². The lowest BCUT2D eigenvalue weighted by molar-refractivity contribution is -0.921. The Morgan fingerprint density at radius 3 is 2.48 bits per heavy atom. The number of nitrogens with zero attached hydrogens (tertiary/aromatic N) is 3. The number of rotatable bonds is 3. The molecule has 1 saturated carbocycles. The van der Waals surface area contributed by atoms with Gasteiger partial charge in [0.25, 0.3) is 0 Å². The maximum atomic E-state index is 9.74. The van der Waals surface area contributed by atoms with Crippen LogP contribution in [-0.2, 0) is 0 Å². The zero-order valence-corrected chi connectivity index (χ0v) is 14.1. The van der Waals surface area contributed by atoms with Crippen molar-refractivity contribution in [2.24, 2.45) is 23.2 Å². The van der Waals surface area contributed by atoms with Gasteiger partial charge in [0, 0.05) is 11.8 Å². The largest absolute Gasteiger partial charge is 0.329 e. The van der Waals surface area contributed by atoms with Gasteiger partial charge in [-0.15, -0.1) is 0 Å². The highest BCUT2D eigenvalue weighted by molar-refractivity contribution is 5.99. The molecule has 0 saturated heterocycles. The first kappa shape index (κ1) is 17.2. The molecule has 23 heavy (non-hydrogen) atoms. The average Bonchev–Trinajstić information content (AvgIpc) is 2.56. The summed E-state index contributed by atoms with van der Waals surface area (Å²) in [5, 5.41) is 37.4. The molecule has 2 aliphatic rings. The molecule has 0 aromatic heterocycles. The molecule has 0 spiro atoms. The Bertz CT molecular complexity index is 626. The third kappa shape index (κ3) is 2.54. The van der Waals surface area contributed by atoms with Crippen LogP contribution >= 0.6 is 0 Å². The average molecular weight is 310 g/mol. The van der Waals surface area contributed by atoms with Crippen LogP contribution in [0.3, 0.4) is 0 Å². The minimum absolute atomic E-state index is 0.0149. The minimum atomic E-state index is -1.46. The number of hydrogen-bond donors (Lipinski definition) is 2. The Hall–Kier alpha value is -2.16. The van der Waals surface area contributed by atoms with Crippen molar-refractivity contribution in [1.29, 1.82) is 21.2 Å². The molecule has 4 atom stereocenters. The second-order valence-electron chi connectivity index (χ2n) is 6.93. The summed E-state index contributed by atoms with van der Waals surface area (Å²) in [4.78, 5) is 1.41. The maximum absolute atomic E-state index is 9.74. The predicted octanol–water partition coefficient (Wildman–Crippen LogP) is 1.46. The summed E-state index contributed by atoms with van der Waals surface area (Å²) in [5.74, 6) is -0.875. The molecule has 2 N–H and O–H groups in total. The molecular formula is C18H24N5+. The van der Waals surface area contributed by atoms with Crippen LogP contribution in [0.5, 0.6) is 0 Å². The molecular weight excluding hydrogens is 286 g/mol. The van der Waals surface area contributed by atoms with Crippen molar-refractivity contribution in [2.75, 3.05) is 13.1 Å². The van der Waals surface area contributed by atoms with Crippen LogP contribution in [0.2, 0.25) is 0 Å². The fourth-order valence-corrected chi connectivity index (χ4v) is 4.14. The molecule has 0 radical (unpaired) electrons. The number of nitrogens with one attached hydrogen (secondary N) is 2. The van der Waals surface area contributed by atoms with Crippen LogP contribution in [0.1, 0.15) is 33.6 Å². The standard InChI is InChI=1S/C18H23N5/c1-4-5-16-15-9-23(12(2)3)7-6-13(15)14(8-19)17(22)18(16,10-20)11-21/h6,12,14-16,22H,4-5,7,9H2,1-3H3/p+1/t14-,15-,16+/m1/s1. The van der Waals surface area contributed by atoms with E-state index in [2.05, 4.69) is 38.1 Å². The summed E-state index contributed by atoms with van der Waals surface area (Å²) in [6, 6.07) is 6.87. The molecule has 1 aliphatic heterocycles. The number of hydrogen-bond acceptors (Lipinski definition) is 4. The molecule has 0 aromatic carbocycles. The Kier molecular flexibility index (Phi) is 4.88. The topological polar surface area (TPSA) is 99.7 Å². The molecule has 1 heterocycles. The van der Waals surface area contributed by atoms with Gasteiger partial charge in [-0.1, -0.05) is 13.3 Å². The third-order valence-corrected chi connectivity index (χ3v) is 5.50. The predicted molar refractivity (Wildman–Crippen MR) is 86.3 cm³/mol. The van der Waals surface area contributed by atoms with E-state index in [0.29, 0.717) is 6.04 Å². The first-order valence-electron chi connectivity index (χ1n) is 8.32. The highest BCUT2D eigenvalue weighted by Crippen LogP contribution is 2.49. The van der Waals surface area contributed by atoms with Gasteiger partial charge in [-0.3, -0.25) is 0 Å². The van der Waals surface area contributed by atoms with E-state index in [-0.39, 0.29) is 17.5 Å². The summed E-state index contributed by atoms with van der Waals surface area (Å²) < 4.78 is 0. The zero-order valence-electron chi connectivity index (χ0n) is 14.1. The lowest BCUT2D eigenvalue weighted by Crippen LogP contribution is -3.16. The van der Waals surface area contributed by atoms with Gasteiger partial charge >= 0.3 is 0 Å². The first-order valence-corrected chi connectivity index (χ1v) is 8.32. The molecule has 5 heteroatoms. The quantitative estimate of drug-likeness (QED) is 0.772. The Labute approximate surface area is 138 Å². The first-order chi connectivity index (χ1) is 11.0. The third-order valence-electron chi connectivity index (χ3n) is 5.50. The molecule has 0 aromatic rings. The monoisotopic (exact) mass is 310 g/mol. The molecule has 5 nitrogen and oxygen atoms in total. The fraction of sp³-hybridized carbons (Fsp3) is 0.667. The van der Waals surface area contributed by atoms with Crippen LogP contribution in [0, 0.1) is 62.6 Å². The van der Waals surface area contributed by atoms with Crippen molar-refractivity contribution in [2.45, 2.75) is 39.7 Å². The van der Waals surface area contributed by atoms with Gasteiger partial charge in [0.05, 0.1) is 43.1 Å². The number of nitriles is 3. The van der Waals surface area contributed by atoms with Gasteiger partial charge in [0.2, 0.25) is 0 Å². The van der Waals surface area contributed by atoms with Gasteiger partial charge in [-0.2, -0.15) is 15.8 Å². The van der Waals surface area contributed by atoms with Crippen LogP contribution < -0.4 is 4.90 Å². The lowest BCUT2D eigenvalue weighted by Gasteiger charge is -2.46. The van der Waals surface area contributed by atoms with E-state index in [1.807, 2.05) is 6.92 Å². The highest BCUT2D eigenvalue weighted by Gasteiger charge is 2.57. The smallest absolute Gasteiger partial charge is 0.185 e. The van der Waals surface area contributed by atoms with Gasteiger partial charge in [-0.05, 0) is 31.9 Å². The summed E-state index contributed by atoms with van der Waals surface area (Å²) in [6.45, 7) is 8.05. The van der Waals surface area contributed by atoms with E-state index in [0.717, 1.165) is 31.5 Å². The SMILES string of the molecule is CCC[C@H]1[C@@H]2C[NH+](C(C)C)CC=C2[C@@H](C#N)C(=N)C1(C#N)C#N. The summed E-state index contributed by atoms with van der Waals surface area (Å²) >= 11 is 0. The zero-order chi connectivity index (χ0) is 17.2. The molecule has 1 unspecified atom stereocenters. The molecule has 120 valence electrons. The van der Waals surface area contributed by atoms with Crippen molar-refractivity contribution >= 4 is 5.71 Å². The van der Waals surface area contributed by atoms with E-state index >= 15 is 0 Å². The van der Waals surface area contributed by atoms with Crippen LogP contribution in [-0.4, -0.2) is 24.8 Å². The molecule has 0 amide bonds. The Morgan fingerprint density at radius 2 is 2.00 bits per heavy atom. The normalized spacial score (nSPS) is 32.2. The van der Waals surface area contributed by atoms with Gasteiger partial charge in [-0.25, -0.2) is 0 Å². The van der Waals surface area contributed by atoms with Gasteiger partial charge in [0.1, 0.15) is 5.92 Å². The second kappa shape index (κ2) is 6.53. The molecule has 1 fully saturated rings. The van der Waals surface area contributed by atoms with Crippen molar-refractivity contribution in [1.82, 2.24) is 0 Å².